The molecule has 0 bridgehead atoms. The molecule has 0 atom stereocenters. The summed E-state index contributed by atoms with van der Waals surface area (Å²) in [5, 5.41) is 0. The average molecular weight is 145 g/mol. The van der Waals surface area contributed by atoms with E-state index in [-0.39, 0.29) is 0 Å². The molecule has 0 heteroatoms. The molecule has 0 saturated carbocycles. The lowest BCUT2D eigenvalue weighted by molar-refractivity contribution is 1.04. The van der Waals surface area contributed by atoms with Gasteiger partial charge in [0.2, 0.25) is 0 Å². The van der Waals surface area contributed by atoms with Crippen LogP contribution in [0.25, 0.3) is 0 Å². The fourth-order valence-corrected chi connectivity index (χ4v) is 0.897. The van der Waals surface area contributed by atoms with Crippen LogP contribution in [0.2, 0.25) is 0 Å². The van der Waals surface area contributed by atoms with Crippen LogP contribution in [0.5, 0.6) is 0 Å². The molecule has 1 aliphatic carbocycles. The van der Waals surface area contributed by atoms with E-state index in [4.69, 9.17) is 0 Å². The topological polar surface area (TPSA) is 0 Å². The minimum absolute atomic E-state index is 1.03. The van der Waals surface area contributed by atoms with Gasteiger partial charge in [0.1, 0.15) is 0 Å². The number of allylic oxidation sites excluding steroid dienone is 8. The largest absolute Gasteiger partial charge is 0.0879 e. The minimum atomic E-state index is 1.03. The van der Waals surface area contributed by atoms with E-state index >= 15 is 0 Å². The predicted octanol–water partition coefficient (Wildman–Crippen LogP) is 3.20. The first kappa shape index (κ1) is 8.06. The lowest BCUT2D eigenvalue weighted by atomic mass is 10.2. The van der Waals surface area contributed by atoms with Gasteiger partial charge in [0, 0.05) is 0 Å². The summed E-state index contributed by atoms with van der Waals surface area (Å²) < 4.78 is 0. The molecule has 0 heterocycles. The Morgan fingerprint density at radius 1 is 0.909 bits per heavy atom. The van der Waals surface area contributed by atoms with Crippen molar-refractivity contribution in [3.05, 3.63) is 48.6 Å². The van der Waals surface area contributed by atoms with Crippen LogP contribution in [0.1, 0.15) is 19.3 Å². The van der Waals surface area contributed by atoms with Gasteiger partial charge in [0.05, 0.1) is 0 Å². The van der Waals surface area contributed by atoms with E-state index in [1.54, 1.807) is 0 Å². The lowest BCUT2D eigenvalue weighted by Gasteiger charge is -1.83. The molecule has 1 radical (unpaired) electrons. The molecule has 0 N–H and O–H groups in total. The SMILES string of the molecule is [C]1=C\C=C\CC/C=C\C\C=C/1. The highest BCUT2D eigenvalue weighted by atomic mass is 13.8. The van der Waals surface area contributed by atoms with E-state index in [1.807, 2.05) is 18.2 Å². The summed E-state index contributed by atoms with van der Waals surface area (Å²) in [6, 6.07) is 0. The van der Waals surface area contributed by atoms with E-state index in [9.17, 15) is 0 Å². The first-order chi connectivity index (χ1) is 5.50. The van der Waals surface area contributed by atoms with Crippen molar-refractivity contribution >= 4 is 0 Å². The van der Waals surface area contributed by atoms with E-state index in [2.05, 4.69) is 30.4 Å². The molecular weight excluding hydrogens is 132 g/mol. The predicted molar refractivity (Wildman–Crippen MR) is 49.1 cm³/mol. The molecule has 11 heavy (non-hydrogen) atoms. The second-order valence-electron chi connectivity index (χ2n) is 2.45. The normalized spacial score (nSPS) is 29.8. The third kappa shape index (κ3) is 4.38. The van der Waals surface area contributed by atoms with Gasteiger partial charge in [-0.05, 0) is 25.3 Å². The van der Waals surface area contributed by atoms with Gasteiger partial charge < -0.3 is 0 Å². The Kier molecular flexibility index (Phi) is 4.19. The summed E-state index contributed by atoms with van der Waals surface area (Å²) >= 11 is 0. The minimum Gasteiger partial charge on any atom is -0.0879 e. The van der Waals surface area contributed by atoms with Crippen molar-refractivity contribution in [3.63, 3.8) is 0 Å². The van der Waals surface area contributed by atoms with E-state index in [0.29, 0.717) is 0 Å². The van der Waals surface area contributed by atoms with Gasteiger partial charge in [-0.1, -0.05) is 42.5 Å². The fourth-order valence-electron chi connectivity index (χ4n) is 0.897. The number of hydrogen-bond acceptors (Lipinski definition) is 0. The third-order valence-electron chi connectivity index (χ3n) is 1.48. The standard InChI is InChI=1S/C11H13/c1-2-4-6-8-10-11-9-7-5-3-1/h1-3,7-10H,4,6,11H2/b2-1+,5-3?,9-7-,10-8-. The average Bonchev–Trinajstić information content (AvgIpc) is 2.08. The van der Waals surface area contributed by atoms with Crippen molar-refractivity contribution < 1.29 is 0 Å². The highest BCUT2D eigenvalue weighted by Crippen LogP contribution is 1.97. The lowest BCUT2D eigenvalue weighted by Crippen LogP contribution is -1.63. The van der Waals surface area contributed by atoms with Crippen LogP contribution in [0.15, 0.2) is 42.5 Å². The summed E-state index contributed by atoms with van der Waals surface area (Å²) in [6.07, 6.45) is 21.0. The molecular formula is C11H13. The molecule has 1 rings (SSSR count). The van der Waals surface area contributed by atoms with Crippen molar-refractivity contribution in [3.8, 4) is 0 Å². The highest BCUT2D eigenvalue weighted by molar-refractivity contribution is 5.08. The van der Waals surface area contributed by atoms with Crippen molar-refractivity contribution in [2.45, 2.75) is 19.3 Å². The molecule has 0 fully saturated rings. The van der Waals surface area contributed by atoms with Crippen LogP contribution in [-0.4, -0.2) is 0 Å². The van der Waals surface area contributed by atoms with Gasteiger partial charge in [-0.2, -0.15) is 0 Å². The van der Waals surface area contributed by atoms with Crippen LogP contribution >= 0.6 is 0 Å². The Morgan fingerprint density at radius 3 is 2.82 bits per heavy atom. The molecule has 0 amide bonds. The van der Waals surface area contributed by atoms with E-state index in [1.165, 1.54) is 0 Å². The Hall–Kier alpha value is -1.04. The van der Waals surface area contributed by atoms with Gasteiger partial charge in [-0.25, -0.2) is 0 Å². The molecule has 0 nitrogen and oxygen atoms in total. The van der Waals surface area contributed by atoms with E-state index < -0.39 is 0 Å². The zero-order valence-corrected chi connectivity index (χ0v) is 6.66. The monoisotopic (exact) mass is 145 g/mol. The van der Waals surface area contributed by atoms with Gasteiger partial charge in [0.15, 0.2) is 0 Å². The Labute approximate surface area is 68.6 Å². The quantitative estimate of drug-likeness (QED) is 0.459. The maximum Gasteiger partial charge on any atom is -0.0166 e. The fraction of sp³-hybridized carbons (Fsp3) is 0.273. The maximum atomic E-state index is 3.06. The first-order valence-electron chi connectivity index (χ1n) is 4.04. The van der Waals surface area contributed by atoms with Crippen LogP contribution < -0.4 is 0 Å². The van der Waals surface area contributed by atoms with E-state index in [0.717, 1.165) is 19.3 Å². The van der Waals surface area contributed by atoms with Crippen molar-refractivity contribution in [1.29, 1.82) is 0 Å². The van der Waals surface area contributed by atoms with Crippen molar-refractivity contribution in [2.75, 3.05) is 0 Å². The number of rotatable bonds is 0. The molecule has 0 spiro atoms. The van der Waals surface area contributed by atoms with Gasteiger partial charge >= 0.3 is 0 Å². The zero-order valence-electron chi connectivity index (χ0n) is 6.66. The molecule has 0 aromatic rings. The zero-order chi connectivity index (χ0) is 7.78. The number of hydrogen-bond donors (Lipinski definition) is 0. The summed E-state index contributed by atoms with van der Waals surface area (Å²) in [5.74, 6) is 0. The van der Waals surface area contributed by atoms with Gasteiger partial charge in [0.25, 0.3) is 0 Å². The molecule has 0 aliphatic heterocycles. The Balaban J connectivity index is 2.47. The summed E-state index contributed by atoms with van der Waals surface area (Å²) in [6.45, 7) is 0. The van der Waals surface area contributed by atoms with Crippen LogP contribution in [-0.2, 0) is 0 Å². The summed E-state index contributed by atoms with van der Waals surface area (Å²) in [7, 11) is 0. The molecule has 0 saturated heterocycles. The maximum absolute atomic E-state index is 3.06. The smallest absolute Gasteiger partial charge is 0.0166 e. The third-order valence-corrected chi connectivity index (χ3v) is 1.48. The van der Waals surface area contributed by atoms with Gasteiger partial charge in [-0.3, -0.25) is 0 Å². The van der Waals surface area contributed by atoms with Crippen LogP contribution in [0.4, 0.5) is 0 Å². The summed E-state index contributed by atoms with van der Waals surface area (Å²) in [5.41, 5.74) is 0. The molecule has 1 aliphatic rings. The van der Waals surface area contributed by atoms with Crippen molar-refractivity contribution in [2.24, 2.45) is 0 Å². The second-order valence-corrected chi connectivity index (χ2v) is 2.45. The Bertz CT molecular complexity index is 192. The first-order valence-corrected chi connectivity index (χ1v) is 4.04. The van der Waals surface area contributed by atoms with Gasteiger partial charge in [-0.15, -0.1) is 0 Å². The molecule has 0 unspecified atom stereocenters. The summed E-state index contributed by atoms with van der Waals surface area (Å²) in [4.78, 5) is 0. The van der Waals surface area contributed by atoms with Crippen LogP contribution in [0.3, 0.4) is 0 Å². The highest BCUT2D eigenvalue weighted by Gasteiger charge is 1.76. The molecule has 0 aromatic heterocycles. The molecule has 57 valence electrons. The second kappa shape index (κ2) is 5.72. The Morgan fingerprint density at radius 2 is 1.82 bits per heavy atom. The van der Waals surface area contributed by atoms with Crippen LogP contribution in [0, 0.1) is 6.08 Å². The molecule has 0 aromatic carbocycles. The van der Waals surface area contributed by atoms with Crippen molar-refractivity contribution in [1.82, 2.24) is 0 Å².